The minimum atomic E-state index is 0.949. The summed E-state index contributed by atoms with van der Waals surface area (Å²) in [5.41, 5.74) is 1.58. The Kier molecular flexibility index (Phi) is 0.787. The fourth-order valence-corrected chi connectivity index (χ4v) is 1.85. The van der Waals surface area contributed by atoms with Gasteiger partial charge in [-0.05, 0) is 32.1 Å². The molecule has 2 aliphatic carbocycles. The van der Waals surface area contributed by atoms with Crippen molar-refractivity contribution in [3.8, 4) is 0 Å². The third kappa shape index (κ3) is 0.460. The van der Waals surface area contributed by atoms with Crippen LogP contribution in [0.1, 0.15) is 26.2 Å². The summed E-state index contributed by atoms with van der Waals surface area (Å²) in [5.74, 6) is 2.68. The van der Waals surface area contributed by atoms with Crippen LogP contribution in [-0.2, 0) is 0 Å². The highest BCUT2D eigenvalue weighted by Gasteiger charge is 2.30. The van der Waals surface area contributed by atoms with Crippen LogP contribution in [0.5, 0.6) is 0 Å². The SMILES string of the molecule is CC1=CC2CC[C]1C2. The van der Waals surface area contributed by atoms with E-state index >= 15 is 0 Å². The lowest BCUT2D eigenvalue weighted by Gasteiger charge is -2.05. The molecule has 1 saturated carbocycles. The Labute approximate surface area is 50.6 Å². The predicted molar refractivity (Wildman–Crippen MR) is 34.3 cm³/mol. The van der Waals surface area contributed by atoms with E-state index in [1.54, 1.807) is 11.5 Å². The molecule has 0 aliphatic heterocycles. The normalized spacial score (nSPS) is 36.1. The molecule has 43 valence electrons. The lowest BCUT2D eigenvalue weighted by atomic mass is 10.0. The van der Waals surface area contributed by atoms with Gasteiger partial charge in [-0.2, -0.15) is 0 Å². The third-order valence-electron chi connectivity index (χ3n) is 2.37. The highest BCUT2D eigenvalue weighted by Crippen LogP contribution is 2.44. The maximum absolute atomic E-state index is 2.43. The maximum atomic E-state index is 2.43. The summed E-state index contributed by atoms with van der Waals surface area (Å²) in [7, 11) is 0. The van der Waals surface area contributed by atoms with Crippen LogP contribution in [0.4, 0.5) is 0 Å². The average Bonchev–Trinajstić information content (AvgIpc) is 2.23. The van der Waals surface area contributed by atoms with Gasteiger partial charge in [0.2, 0.25) is 0 Å². The average molecular weight is 107 g/mol. The lowest BCUT2D eigenvalue weighted by Crippen LogP contribution is -1.88. The van der Waals surface area contributed by atoms with E-state index in [-0.39, 0.29) is 0 Å². The molecule has 0 aromatic carbocycles. The predicted octanol–water partition coefficient (Wildman–Crippen LogP) is 2.32. The van der Waals surface area contributed by atoms with Crippen LogP contribution in [-0.4, -0.2) is 0 Å². The van der Waals surface area contributed by atoms with Crippen molar-refractivity contribution in [1.29, 1.82) is 0 Å². The molecular formula is C8H11. The van der Waals surface area contributed by atoms with Crippen LogP contribution < -0.4 is 0 Å². The molecule has 0 heterocycles. The van der Waals surface area contributed by atoms with Crippen molar-refractivity contribution < 1.29 is 0 Å². The highest BCUT2D eigenvalue weighted by molar-refractivity contribution is 5.33. The second-order valence-electron chi connectivity index (χ2n) is 2.96. The fraction of sp³-hybridized carbons (Fsp3) is 0.625. The van der Waals surface area contributed by atoms with Crippen molar-refractivity contribution in [2.45, 2.75) is 26.2 Å². The molecule has 1 atom stereocenters. The van der Waals surface area contributed by atoms with Crippen molar-refractivity contribution in [3.63, 3.8) is 0 Å². The third-order valence-corrected chi connectivity index (χ3v) is 2.37. The monoisotopic (exact) mass is 107 g/mol. The largest absolute Gasteiger partial charge is 0.0819 e. The van der Waals surface area contributed by atoms with Crippen LogP contribution in [0.15, 0.2) is 11.6 Å². The van der Waals surface area contributed by atoms with E-state index in [0.29, 0.717) is 0 Å². The van der Waals surface area contributed by atoms with Crippen LogP contribution in [0.3, 0.4) is 0 Å². The van der Waals surface area contributed by atoms with Crippen molar-refractivity contribution in [1.82, 2.24) is 0 Å². The number of fused-ring (bicyclic) bond motifs is 2. The van der Waals surface area contributed by atoms with Gasteiger partial charge < -0.3 is 0 Å². The molecule has 0 nitrogen and oxygen atoms in total. The first-order valence-corrected chi connectivity index (χ1v) is 3.40. The van der Waals surface area contributed by atoms with E-state index in [4.69, 9.17) is 0 Å². The second-order valence-corrected chi connectivity index (χ2v) is 2.96. The lowest BCUT2D eigenvalue weighted by molar-refractivity contribution is 0.697. The van der Waals surface area contributed by atoms with Crippen LogP contribution in [0.2, 0.25) is 0 Å². The zero-order chi connectivity index (χ0) is 5.56. The Morgan fingerprint density at radius 3 is 2.75 bits per heavy atom. The maximum Gasteiger partial charge on any atom is 0.000871 e. The number of rotatable bonds is 0. The van der Waals surface area contributed by atoms with Gasteiger partial charge in [-0.3, -0.25) is 0 Å². The molecule has 2 bridgehead atoms. The van der Waals surface area contributed by atoms with Crippen molar-refractivity contribution >= 4 is 0 Å². The summed E-state index contributed by atoms with van der Waals surface area (Å²) < 4.78 is 0. The molecule has 0 amide bonds. The molecule has 1 unspecified atom stereocenters. The molecular weight excluding hydrogens is 96.1 g/mol. The van der Waals surface area contributed by atoms with Gasteiger partial charge in [0.15, 0.2) is 0 Å². The first-order valence-electron chi connectivity index (χ1n) is 3.40. The highest BCUT2D eigenvalue weighted by atomic mass is 14.3. The first-order chi connectivity index (χ1) is 3.86. The first kappa shape index (κ1) is 4.60. The van der Waals surface area contributed by atoms with Crippen molar-refractivity contribution in [3.05, 3.63) is 17.6 Å². The Balaban J connectivity index is 2.29. The number of allylic oxidation sites excluding steroid dienone is 2. The van der Waals surface area contributed by atoms with E-state index in [1.165, 1.54) is 19.3 Å². The van der Waals surface area contributed by atoms with Gasteiger partial charge in [-0.1, -0.05) is 11.6 Å². The molecule has 1 fully saturated rings. The van der Waals surface area contributed by atoms with Gasteiger partial charge in [-0.25, -0.2) is 0 Å². The summed E-state index contributed by atoms with van der Waals surface area (Å²) >= 11 is 0. The van der Waals surface area contributed by atoms with Gasteiger partial charge in [0.05, 0.1) is 0 Å². The molecule has 0 aromatic rings. The van der Waals surface area contributed by atoms with Gasteiger partial charge in [0, 0.05) is 5.92 Å². The van der Waals surface area contributed by atoms with E-state index < -0.39 is 0 Å². The summed E-state index contributed by atoms with van der Waals surface area (Å²) in [6, 6.07) is 0. The summed E-state index contributed by atoms with van der Waals surface area (Å²) in [4.78, 5) is 0. The zero-order valence-corrected chi connectivity index (χ0v) is 5.28. The molecule has 0 saturated heterocycles. The molecule has 2 rings (SSSR count). The van der Waals surface area contributed by atoms with Gasteiger partial charge in [0.1, 0.15) is 0 Å². The minimum Gasteiger partial charge on any atom is -0.0819 e. The summed E-state index contributed by atoms with van der Waals surface area (Å²) in [6.07, 6.45) is 6.66. The smallest absolute Gasteiger partial charge is 0.000871 e. The van der Waals surface area contributed by atoms with Gasteiger partial charge in [-0.15, -0.1) is 0 Å². The van der Waals surface area contributed by atoms with Gasteiger partial charge >= 0.3 is 0 Å². The standard InChI is InChI=1S/C8H11/c1-6-4-7-2-3-8(6)5-7/h4,7H,2-3,5H2,1H3. The molecule has 2 aliphatic rings. The fourth-order valence-electron chi connectivity index (χ4n) is 1.85. The van der Waals surface area contributed by atoms with Crippen LogP contribution in [0, 0.1) is 11.8 Å². The molecule has 0 N–H and O–H groups in total. The Bertz CT molecular complexity index is 133. The van der Waals surface area contributed by atoms with E-state index in [2.05, 4.69) is 13.0 Å². The molecule has 8 heavy (non-hydrogen) atoms. The molecule has 0 spiro atoms. The molecule has 0 aromatic heterocycles. The van der Waals surface area contributed by atoms with Crippen molar-refractivity contribution in [2.24, 2.45) is 5.92 Å². The minimum absolute atomic E-state index is 0.949. The van der Waals surface area contributed by atoms with E-state index in [0.717, 1.165) is 5.92 Å². The second kappa shape index (κ2) is 1.37. The van der Waals surface area contributed by atoms with E-state index in [1.807, 2.05) is 0 Å². The Hall–Kier alpha value is -0.260. The van der Waals surface area contributed by atoms with E-state index in [9.17, 15) is 0 Å². The van der Waals surface area contributed by atoms with Crippen molar-refractivity contribution in [2.75, 3.05) is 0 Å². The molecule has 1 radical (unpaired) electrons. The van der Waals surface area contributed by atoms with Gasteiger partial charge in [0.25, 0.3) is 0 Å². The molecule has 0 heteroatoms. The Morgan fingerprint density at radius 2 is 2.50 bits per heavy atom. The van der Waals surface area contributed by atoms with Crippen LogP contribution in [0.25, 0.3) is 0 Å². The number of hydrogen-bond acceptors (Lipinski definition) is 0. The quantitative estimate of drug-likeness (QED) is 0.445. The number of hydrogen-bond donors (Lipinski definition) is 0. The Morgan fingerprint density at radius 1 is 1.62 bits per heavy atom. The summed E-state index contributed by atoms with van der Waals surface area (Å²) in [6.45, 7) is 2.24. The topological polar surface area (TPSA) is 0 Å². The zero-order valence-electron chi connectivity index (χ0n) is 5.28. The van der Waals surface area contributed by atoms with Crippen LogP contribution >= 0.6 is 0 Å². The summed E-state index contributed by atoms with van der Waals surface area (Å²) in [5, 5.41) is 0.